The predicted molar refractivity (Wildman–Crippen MR) is 65.3 cm³/mol. The van der Waals surface area contributed by atoms with E-state index in [0.717, 1.165) is 0 Å². The average Bonchev–Trinajstić information content (AvgIpc) is 2.63. The summed E-state index contributed by atoms with van der Waals surface area (Å²) in [6, 6.07) is 1.15. The normalized spacial score (nSPS) is 19.1. The van der Waals surface area contributed by atoms with E-state index in [9.17, 15) is 14.9 Å². The highest BCUT2D eigenvalue weighted by molar-refractivity contribution is 5.86. The van der Waals surface area contributed by atoms with E-state index in [1.165, 1.54) is 12.3 Å². The van der Waals surface area contributed by atoms with Crippen LogP contribution in [0.25, 0.3) is 0 Å². The Hall–Kier alpha value is -2.18. The minimum Gasteiger partial charge on any atom is -0.358 e. The number of nitrogens with one attached hydrogen (secondary N) is 1. The van der Waals surface area contributed by atoms with Gasteiger partial charge in [0.1, 0.15) is 18.1 Å². The number of carbonyl (C=O) groups is 1. The number of nitrogens with zero attached hydrogens (tertiary/aromatic N) is 3. The zero-order chi connectivity index (χ0) is 13.3. The van der Waals surface area contributed by atoms with Crippen molar-refractivity contribution in [3.63, 3.8) is 0 Å². The molecule has 2 heterocycles. The summed E-state index contributed by atoms with van der Waals surface area (Å²) in [5.41, 5.74) is 0.611. The van der Waals surface area contributed by atoms with Gasteiger partial charge in [0.25, 0.3) is 5.69 Å². The van der Waals surface area contributed by atoms with E-state index in [0.29, 0.717) is 24.3 Å². The number of likely N-dealkylation sites (tertiary alicyclic amines) is 1. The number of aryl methyl sites for hydroxylation is 1. The van der Waals surface area contributed by atoms with Gasteiger partial charge in [-0.2, -0.15) is 0 Å². The van der Waals surface area contributed by atoms with Crippen molar-refractivity contribution in [1.82, 2.24) is 9.88 Å². The molecular formula is C11H14N4O3. The molecule has 0 aliphatic carbocycles. The minimum absolute atomic E-state index is 0.0227. The van der Waals surface area contributed by atoms with Gasteiger partial charge >= 0.3 is 0 Å². The van der Waals surface area contributed by atoms with Crippen molar-refractivity contribution in [2.24, 2.45) is 0 Å². The number of rotatable bonds is 3. The van der Waals surface area contributed by atoms with Gasteiger partial charge in [-0.05, 0) is 18.9 Å². The van der Waals surface area contributed by atoms with Crippen LogP contribution in [0, 0.1) is 17.0 Å². The fourth-order valence-electron chi connectivity index (χ4n) is 1.93. The van der Waals surface area contributed by atoms with Crippen molar-refractivity contribution >= 4 is 17.4 Å². The van der Waals surface area contributed by atoms with Crippen LogP contribution in [0.5, 0.6) is 0 Å². The fourth-order valence-corrected chi connectivity index (χ4v) is 1.93. The number of likely N-dealkylation sites (N-methyl/N-ethyl adjacent to an activating group) is 1. The van der Waals surface area contributed by atoms with E-state index in [-0.39, 0.29) is 17.6 Å². The third-order valence-corrected chi connectivity index (χ3v) is 3.01. The summed E-state index contributed by atoms with van der Waals surface area (Å²) in [6.45, 7) is 2.44. The first-order valence-electron chi connectivity index (χ1n) is 5.61. The van der Waals surface area contributed by atoms with E-state index in [4.69, 9.17) is 0 Å². The monoisotopic (exact) mass is 250 g/mol. The molecular weight excluding hydrogens is 236 g/mol. The molecule has 1 N–H and O–H groups in total. The van der Waals surface area contributed by atoms with Gasteiger partial charge in [0.05, 0.1) is 4.92 Å². The molecule has 1 amide bonds. The molecule has 1 atom stereocenters. The lowest BCUT2D eigenvalue weighted by molar-refractivity contribution is -0.385. The van der Waals surface area contributed by atoms with Crippen molar-refractivity contribution in [2.45, 2.75) is 19.4 Å². The van der Waals surface area contributed by atoms with Gasteiger partial charge in [-0.15, -0.1) is 0 Å². The first-order valence-corrected chi connectivity index (χ1v) is 5.61. The highest BCUT2D eigenvalue weighted by Crippen LogP contribution is 2.21. The number of hydrogen-bond acceptors (Lipinski definition) is 5. The third kappa shape index (κ3) is 2.24. The van der Waals surface area contributed by atoms with Crippen LogP contribution in [0.2, 0.25) is 0 Å². The zero-order valence-corrected chi connectivity index (χ0v) is 10.2. The second-order valence-electron chi connectivity index (χ2n) is 4.36. The van der Waals surface area contributed by atoms with Crippen molar-refractivity contribution in [2.75, 3.05) is 18.9 Å². The Bertz CT molecular complexity index is 503. The van der Waals surface area contributed by atoms with E-state index in [1.807, 2.05) is 0 Å². The summed E-state index contributed by atoms with van der Waals surface area (Å²) in [4.78, 5) is 27.5. The average molecular weight is 250 g/mol. The standard InChI is InChI=1S/C11H14N4O3/c1-7-5-8(15(17)18)6-12-10(7)13-9-3-4-14(2)11(9)16/h5-6,9H,3-4H2,1-2H3,(H,12,13). The first-order chi connectivity index (χ1) is 8.49. The molecule has 0 saturated carbocycles. The second kappa shape index (κ2) is 4.59. The molecule has 0 bridgehead atoms. The maximum absolute atomic E-state index is 11.7. The quantitative estimate of drug-likeness (QED) is 0.637. The Morgan fingerprint density at radius 1 is 1.61 bits per heavy atom. The number of anilines is 1. The van der Waals surface area contributed by atoms with Gasteiger partial charge in [0.15, 0.2) is 0 Å². The Labute approximate surface area is 104 Å². The summed E-state index contributed by atoms with van der Waals surface area (Å²) in [6.07, 6.45) is 1.91. The van der Waals surface area contributed by atoms with Crippen molar-refractivity contribution in [3.8, 4) is 0 Å². The molecule has 1 fully saturated rings. The number of aromatic nitrogens is 1. The van der Waals surface area contributed by atoms with Gasteiger partial charge in [-0.1, -0.05) is 0 Å². The van der Waals surface area contributed by atoms with Crippen molar-refractivity contribution in [3.05, 3.63) is 27.9 Å². The van der Waals surface area contributed by atoms with Gasteiger partial charge in [0, 0.05) is 19.7 Å². The number of pyridine rings is 1. The molecule has 2 rings (SSSR count). The molecule has 1 unspecified atom stereocenters. The van der Waals surface area contributed by atoms with Crippen LogP contribution in [0.1, 0.15) is 12.0 Å². The van der Waals surface area contributed by atoms with Crippen molar-refractivity contribution in [1.29, 1.82) is 0 Å². The molecule has 1 aromatic heterocycles. The van der Waals surface area contributed by atoms with Crippen LogP contribution in [-0.4, -0.2) is 40.3 Å². The molecule has 96 valence electrons. The zero-order valence-electron chi connectivity index (χ0n) is 10.2. The smallest absolute Gasteiger partial charge is 0.287 e. The minimum atomic E-state index is -0.488. The molecule has 7 nitrogen and oxygen atoms in total. The number of nitro groups is 1. The Morgan fingerprint density at radius 3 is 2.83 bits per heavy atom. The number of hydrogen-bond donors (Lipinski definition) is 1. The van der Waals surface area contributed by atoms with Gasteiger partial charge < -0.3 is 10.2 Å². The van der Waals surface area contributed by atoms with Crippen LogP contribution in [-0.2, 0) is 4.79 Å². The SMILES string of the molecule is Cc1cc([N+](=O)[O-])cnc1NC1CCN(C)C1=O. The molecule has 1 saturated heterocycles. The number of carbonyl (C=O) groups excluding carboxylic acids is 1. The summed E-state index contributed by atoms with van der Waals surface area (Å²) in [7, 11) is 1.75. The molecule has 1 aliphatic heterocycles. The Balaban J connectivity index is 2.15. The van der Waals surface area contributed by atoms with E-state index >= 15 is 0 Å². The Kier molecular flexibility index (Phi) is 3.14. The lowest BCUT2D eigenvalue weighted by Gasteiger charge is -2.14. The maximum Gasteiger partial charge on any atom is 0.287 e. The molecule has 1 aromatic rings. The molecule has 18 heavy (non-hydrogen) atoms. The molecule has 7 heteroatoms. The van der Waals surface area contributed by atoms with Gasteiger partial charge in [-0.25, -0.2) is 4.98 Å². The molecule has 0 spiro atoms. The van der Waals surface area contributed by atoms with E-state index in [2.05, 4.69) is 10.3 Å². The summed E-state index contributed by atoms with van der Waals surface area (Å²) < 4.78 is 0. The van der Waals surface area contributed by atoms with Crippen LogP contribution >= 0.6 is 0 Å². The van der Waals surface area contributed by atoms with Crippen LogP contribution in [0.15, 0.2) is 12.3 Å². The van der Waals surface area contributed by atoms with Crippen LogP contribution < -0.4 is 5.32 Å². The van der Waals surface area contributed by atoms with Crippen LogP contribution in [0.4, 0.5) is 11.5 Å². The topological polar surface area (TPSA) is 88.4 Å². The Morgan fingerprint density at radius 2 is 2.33 bits per heavy atom. The highest BCUT2D eigenvalue weighted by atomic mass is 16.6. The fraction of sp³-hybridized carbons (Fsp3) is 0.455. The first kappa shape index (κ1) is 12.3. The molecule has 0 radical (unpaired) electrons. The second-order valence-corrected chi connectivity index (χ2v) is 4.36. The van der Waals surface area contributed by atoms with E-state index in [1.54, 1.807) is 18.9 Å². The third-order valence-electron chi connectivity index (χ3n) is 3.01. The maximum atomic E-state index is 11.7. The highest BCUT2D eigenvalue weighted by Gasteiger charge is 2.29. The predicted octanol–water partition coefficient (Wildman–Crippen LogP) is 0.941. The largest absolute Gasteiger partial charge is 0.358 e. The lowest BCUT2D eigenvalue weighted by Crippen LogP contribution is -2.31. The van der Waals surface area contributed by atoms with Gasteiger partial charge in [0.2, 0.25) is 5.91 Å². The summed E-state index contributed by atoms with van der Waals surface area (Å²) in [5.74, 6) is 0.545. The van der Waals surface area contributed by atoms with Crippen molar-refractivity contribution < 1.29 is 9.72 Å². The summed E-state index contributed by atoms with van der Waals surface area (Å²) in [5, 5.41) is 13.6. The lowest BCUT2D eigenvalue weighted by atomic mass is 10.2. The number of amides is 1. The molecule has 0 aromatic carbocycles. The molecule has 1 aliphatic rings. The van der Waals surface area contributed by atoms with Crippen LogP contribution in [0.3, 0.4) is 0 Å². The van der Waals surface area contributed by atoms with Gasteiger partial charge in [-0.3, -0.25) is 14.9 Å². The summed E-state index contributed by atoms with van der Waals surface area (Å²) >= 11 is 0. The van der Waals surface area contributed by atoms with E-state index < -0.39 is 4.92 Å².